The van der Waals surface area contributed by atoms with Crippen molar-refractivity contribution in [2.75, 3.05) is 5.32 Å². The fourth-order valence-corrected chi connectivity index (χ4v) is 2.10. The van der Waals surface area contributed by atoms with E-state index in [1.807, 2.05) is 12.1 Å². The average Bonchev–Trinajstić information content (AvgIpc) is 2.45. The second-order valence-electron chi connectivity index (χ2n) is 5.09. The van der Waals surface area contributed by atoms with Gasteiger partial charge in [0.15, 0.2) is 0 Å². The summed E-state index contributed by atoms with van der Waals surface area (Å²) in [4.78, 5) is 15.2. The summed E-state index contributed by atoms with van der Waals surface area (Å²) < 4.78 is 0. The Morgan fingerprint density at radius 1 is 1.24 bits per heavy atom. The maximum atomic E-state index is 11.1. The lowest BCUT2D eigenvalue weighted by Crippen LogP contribution is -2.08. The molecule has 5 heteroatoms. The third kappa shape index (κ3) is 3.95. The van der Waals surface area contributed by atoms with Gasteiger partial charge in [0.05, 0.1) is 0 Å². The van der Waals surface area contributed by atoms with Gasteiger partial charge >= 0.3 is 5.97 Å². The zero-order valence-corrected chi connectivity index (χ0v) is 12.7. The molecule has 110 valence electrons. The van der Waals surface area contributed by atoms with E-state index >= 15 is 0 Å². The number of aromatic nitrogens is 1. The molecule has 0 amide bonds. The van der Waals surface area contributed by atoms with Crippen LogP contribution in [0.4, 0.5) is 5.82 Å². The highest BCUT2D eigenvalue weighted by molar-refractivity contribution is 6.29. The zero-order valence-electron chi connectivity index (χ0n) is 11.9. The molecule has 0 radical (unpaired) electrons. The van der Waals surface area contributed by atoms with E-state index in [0.717, 1.165) is 5.56 Å². The highest BCUT2D eigenvalue weighted by Gasteiger charge is 2.11. The van der Waals surface area contributed by atoms with Crippen molar-refractivity contribution < 1.29 is 9.90 Å². The second-order valence-corrected chi connectivity index (χ2v) is 5.47. The van der Waals surface area contributed by atoms with Crippen molar-refractivity contribution in [3.05, 3.63) is 58.2 Å². The fourth-order valence-electron chi connectivity index (χ4n) is 1.95. The number of aromatic carboxylic acids is 1. The first kappa shape index (κ1) is 15.3. The van der Waals surface area contributed by atoms with E-state index in [0.29, 0.717) is 12.5 Å². The molecular weight excluding hydrogens is 288 g/mol. The van der Waals surface area contributed by atoms with Crippen molar-refractivity contribution in [1.82, 2.24) is 4.98 Å². The maximum Gasteiger partial charge on any atom is 0.339 e. The molecule has 0 saturated carbocycles. The predicted octanol–water partition coefficient (Wildman–Crippen LogP) is 4.17. The van der Waals surface area contributed by atoms with Crippen LogP contribution in [0.5, 0.6) is 0 Å². The van der Waals surface area contributed by atoms with E-state index < -0.39 is 5.97 Å². The lowest BCUT2D eigenvalue weighted by molar-refractivity contribution is 0.0697. The number of benzene rings is 1. The predicted molar refractivity (Wildman–Crippen MR) is 84.1 cm³/mol. The molecule has 4 nitrogen and oxygen atoms in total. The van der Waals surface area contributed by atoms with Crippen molar-refractivity contribution in [2.45, 2.75) is 26.3 Å². The molecule has 2 rings (SSSR count). The summed E-state index contributed by atoms with van der Waals surface area (Å²) >= 11 is 5.81. The number of carboxylic acids is 1. The summed E-state index contributed by atoms with van der Waals surface area (Å²) in [5.41, 5.74) is 2.43. The van der Waals surface area contributed by atoms with Gasteiger partial charge in [0, 0.05) is 6.54 Å². The molecule has 2 aromatic rings. The first-order valence-corrected chi connectivity index (χ1v) is 7.07. The minimum atomic E-state index is -1.03. The van der Waals surface area contributed by atoms with Gasteiger partial charge in [-0.2, -0.15) is 0 Å². The zero-order chi connectivity index (χ0) is 15.4. The van der Waals surface area contributed by atoms with Crippen molar-refractivity contribution in [2.24, 2.45) is 0 Å². The third-order valence-corrected chi connectivity index (χ3v) is 3.41. The molecule has 0 fully saturated rings. The lowest BCUT2D eigenvalue weighted by atomic mass is 10.0. The van der Waals surface area contributed by atoms with Gasteiger partial charge in [-0.1, -0.05) is 49.7 Å². The summed E-state index contributed by atoms with van der Waals surface area (Å²) in [5.74, 6) is -0.264. The van der Waals surface area contributed by atoms with E-state index in [1.54, 1.807) is 0 Å². The van der Waals surface area contributed by atoms with Crippen LogP contribution >= 0.6 is 11.6 Å². The van der Waals surface area contributed by atoms with E-state index in [1.165, 1.54) is 17.7 Å². The number of pyridine rings is 1. The molecule has 2 N–H and O–H groups in total. The molecular formula is C16H17ClN2O2. The number of anilines is 1. The van der Waals surface area contributed by atoms with Gasteiger partial charge in [0.1, 0.15) is 16.5 Å². The monoisotopic (exact) mass is 304 g/mol. The Hall–Kier alpha value is -2.07. The van der Waals surface area contributed by atoms with Crippen LogP contribution in [-0.2, 0) is 6.54 Å². The van der Waals surface area contributed by atoms with Crippen LogP contribution in [0.25, 0.3) is 0 Å². The Morgan fingerprint density at radius 3 is 2.48 bits per heavy atom. The summed E-state index contributed by atoms with van der Waals surface area (Å²) in [6, 6.07) is 11.1. The van der Waals surface area contributed by atoms with E-state index in [2.05, 4.69) is 36.3 Å². The first-order chi connectivity index (χ1) is 9.97. The van der Waals surface area contributed by atoms with Crippen LogP contribution in [0.1, 0.15) is 41.3 Å². The number of carbonyl (C=O) groups is 1. The minimum absolute atomic E-state index is 0.109. The molecule has 0 aliphatic rings. The molecule has 0 spiro atoms. The Balaban J connectivity index is 2.12. The fraction of sp³-hybridized carbons (Fsp3) is 0.250. The molecule has 0 saturated heterocycles. The number of halogens is 1. The van der Waals surface area contributed by atoms with Crippen molar-refractivity contribution in [3.63, 3.8) is 0 Å². The topological polar surface area (TPSA) is 62.2 Å². The van der Waals surface area contributed by atoms with Crippen LogP contribution in [0, 0.1) is 0 Å². The van der Waals surface area contributed by atoms with Crippen molar-refractivity contribution in [3.8, 4) is 0 Å². The number of hydrogen-bond acceptors (Lipinski definition) is 3. The average molecular weight is 305 g/mol. The standard InChI is InChI=1S/C16H17ClN2O2/c1-10(2)12-5-3-11(4-6-12)9-18-15-13(16(20)21)7-8-14(17)19-15/h3-8,10H,9H2,1-2H3,(H,18,19)(H,20,21). The van der Waals surface area contributed by atoms with E-state index in [4.69, 9.17) is 16.7 Å². The third-order valence-electron chi connectivity index (χ3n) is 3.20. The van der Waals surface area contributed by atoms with Gasteiger partial charge < -0.3 is 10.4 Å². The SMILES string of the molecule is CC(C)c1ccc(CNc2nc(Cl)ccc2C(=O)O)cc1. The van der Waals surface area contributed by atoms with Gasteiger partial charge in [0.25, 0.3) is 0 Å². The van der Waals surface area contributed by atoms with Crippen LogP contribution < -0.4 is 5.32 Å². The molecule has 0 atom stereocenters. The molecule has 0 bridgehead atoms. The largest absolute Gasteiger partial charge is 0.478 e. The second kappa shape index (κ2) is 6.59. The quantitative estimate of drug-likeness (QED) is 0.814. The van der Waals surface area contributed by atoms with Gasteiger partial charge in [-0.25, -0.2) is 9.78 Å². The normalized spacial score (nSPS) is 10.7. The van der Waals surface area contributed by atoms with Crippen LogP contribution in [0.2, 0.25) is 5.15 Å². The van der Waals surface area contributed by atoms with Gasteiger partial charge in [-0.05, 0) is 29.2 Å². The first-order valence-electron chi connectivity index (χ1n) is 6.70. The smallest absolute Gasteiger partial charge is 0.339 e. The van der Waals surface area contributed by atoms with Crippen LogP contribution in [0.3, 0.4) is 0 Å². The van der Waals surface area contributed by atoms with Crippen molar-refractivity contribution >= 4 is 23.4 Å². The van der Waals surface area contributed by atoms with E-state index in [-0.39, 0.29) is 16.5 Å². The van der Waals surface area contributed by atoms with Gasteiger partial charge in [0.2, 0.25) is 0 Å². The number of rotatable bonds is 5. The summed E-state index contributed by atoms with van der Waals surface area (Å²) in [6.07, 6.45) is 0. The van der Waals surface area contributed by atoms with Crippen LogP contribution in [-0.4, -0.2) is 16.1 Å². The minimum Gasteiger partial charge on any atom is -0.478 e. The highest BCUT2D eigenvalue weighted by atomic mass is 35.5. The van der Waals surface area contributed by atoms with Crippen molar-refractivity contribution in [1.29, 1.82) is 0 Å². The van der Waals surface area contributed by atoms with Crippen LogP contribution in [0.15, 0.2) is 36.4 Å². The van der Waals surface area contributed by atoms with Gasteiger partial charge in [-0.15, -0.1) is 0 Å². The number of nitrogens with zero attached hydrogens (tertiary/aromatic N) is 1. The molecule has 1 aromatic heterocycles. The van der Waals surface area contributed by atoms with E-state index in [9.17, 15) is 4.79 Å². The maximum absolute atomic E-state index is 11.1. The number of nitrogens with one attached hydrogen (secondary N) is 1. The number of hydrogen-bond donors (Lipinski definition) is 2. The summed E-state index contributed by atoms with van der Waals surface area (Å²) in [6.45, 7) is 4.77. The lowest BCUT2D eigenvalue weighted by Gasteiger charge is -2.10. The molecule has 0 unspecified atom stereocenters. The molecule has 0 aliphatic heterocycles. The Labute approximate surface area is 128 Å². The Bertz CT molecular complexity index is 639. The summed E-state index contributed by atoms with van der Waals surface area (Å²) in [7, 11) is 0. The number of carboxylic acid groups (broad SMARTS) is 1. The Morgan fingerprint density at radius 2 is 1.90 bits per heavy atom. The van der Waals surface area contributed by atoms with Gasteiger partial charge in [-0.3, -0.25) is 0 Å². The molecule has 1 aromatic carbocycles. The Kier molecular flexibility index (Phi) is 4.81. The molecule has 0 aliphatic carbocycles. The molecule has 21 heavy (non-hydrogen) atoms. The highest BCUT2D eigenvalue weighted by Crippen LogP contribution is 2.19. The molecule has 1 heterocycles. The summed E-state index contributed by atoms with van der Waals surface area (Å²) in [5, 5.41) is 12.4.